The maximum absolute atomic E-state index is 13.4. The van der Waals surface area contributed by atoms with E-state index >= 15 is 0 Å². The first kappa shape index (κ1) is 11.9. The molecule has 1 saturated carbocycles. The number of nitriles is 1. The van der Waals surface area contributed by atoms with Crippen LogP contribution in [0.4, 0.5) is 10.1 Å². The molecule has 90 valence electrons. The second kappa shape index (κ2) is 5.18. The van der Waals surface area contributed by atoms with E-state index in [0.717, 1.165) is 31.1 Å². The Balaban J connectivity index is 2.21. The summed E-state index contributed by atoms with van der Waals surface area (Å²) < 4.78 is 13.4. The van der Waals surface area contributed by atoms with Gasteiger partial charge in [-0.1, -0.05) is 6.92 Å². The van der Waals surface area contributed by atoms with Gasteiger partial charge in [0.25, 0.3) is 0 Å². The van der Waals surface area contributed by atoms with Gasteiger partial charge in [-0.05, 0) is 43.4 Å². The van der Waals surface area contributed by atoms with Crippen molar-refractivity contribution in [2.75, 3.05) is 18.0 Å². The van der Waals surface area contributed by atoms with Gasteiger partial charge in [0.05, 0.1) is 11.6 Å². The lowest BCUT2D eigenvalue weighted by Crippen LogP contribution is -2.26. The van der Waals surface area contributed by atoms with Gasteiger partial charge in [-0.2, -0.15) is 5.26 Å². The molecule has 0 aromatic heterocycles. The highest BCUT2D eigenvalue weighted by atomic mass is 19.1. The summed E-state index contributed by atoms with van der Waals surface area (Å²) in [5, 5.41) is 8.86. The Morgan fingerprint density at radius 2 is 2.18 bits per heavy atom. The molecule has 0 radical (unpaired) electrons. The molecule has 0 amide bonds. The molecule has 0 atom stereocenters. The first-order chi connectivity index (χ1) is 8.22. The van der Waals surface area contributed by atoms with Crippen molar-refractivity contribution in [3.05, 3.63) is 29.6 Å². The zero-order chi connectivity index (χ0) is 12.3. The minimum atomic E-state index is -0.323. The molecule has 1 aromatic rings. The van der Waals surface area contributed by atoms with Crippen molar-refractivity contribution >= 4 is 5.69 Å². The van der Waals surface area contributed by atoms with Crippen molar-refractivity contribution in [2.24, 2.45) is 5.92 Å². The van der Waals surface area contributed by atoms with E-state index in [1.807, 2.05) is 6.07 Å². The largest absolute Gasteiger partial charge is 0.371 e. The van der Waals surface area contributed by atoms with Gasteiger partial charge in [0.1, 0.15) is 5.82 Å². The van der Waals surface area contributed by atoms with Gasteiger partial charge >= 0.3 is 0 Å². The van der Waals surface area contributed by atoms with Crippen LogP contribution >= 0.6 is 0 Å². The molecule has 1 aliphatic carbocycles. The molecule has 17 heavy (non-hydrogen) atoms. The van der Waals surface area contributed by atoms with Gasteiger partial charge in [0.15, 0.2) is 0 Å². The lowest BCUT2D eigenvalue weighted by atomic mass is 10.2. The zero-order valence-electron chi connectivity index (χ0n) is 10.1. The van der Waals surface area contributed by atoms with Crippen molar-refractivity contribution in [1.82, 2.24) is 0 Å². The highest BCUT2D eigenvalue weighted by molar-refractivity contribution is 5.52. The van der Waals surface area contributed by atoms with Gasteiger partial charge < -0.3 is 4.90 Å². The van der Waals surface area contributed by atoms with E-state index in [-0.39, 0.29) is 5.82 Å². The minimum Gasteiger partial charge on any atom is -0.371 e. The van der Waals surface area contributed by atoms with Crippen molar-refractivity contribution < 1.29 is 4.39 Å². The molecule has 0 spiro atoms. The summed E-state index contributed by atoms with van der Waals surface area (Å²) in [6.45, 7) is 4.03. The van der Waals surface area contributed by atoms with Crippen LogP contribution in [0.2, 0.25) is 0 Å². The predicted molar refractivity (Wildman–Crippen MR) is 66.3 cm³/mol. The molecule has 1 aliphatic rings. The molecule has 1 aromatic carbocycles. The molecular weight excluding hydrogens is 215 g/mol. The molecular formula is C14H17FN2. The van der Waals surface area contributed by atoms with Crippen LogP contribution in [0.15, 0.2) is 18.2 Å². The summed E-state index contributed by atoms with van der Waals surface area (Å²) in [5.74, 6) is 0.436. The zero-order valence-corrected chi connectivity index (χ0v) is 10.1. The lowest BCUT2D eigenvalue weighted by molar-refractivity contribution is 0.624. The maximum Gasteiger partial charge on any atom is 0.126 e. The third kappa shape index (κ3) is 3.20. The summed E-state index contributed by atoms with van der Waals surface area (Å²) in [6.07, 6.45) is 3.59. The molecule has 2 nitrogen and oxygen atoms in total. The van der Waals surface area contributed by atoms with E-state index in [1.54, 1.807) is 6.07 Å². The Morgan fingerprint density at radius 1 is 1.41 bits per heavy atom. The third-order valence-corrected chi connectivity index (χ3v) is 3.05. The summed E-state index contributed by atoms with van der Waals surface area (Å²) in [5.41, 5.74) is 1.24. The number of halogens is 1. The fourth-order valence-electron chi connectivity index (χ4n) is 2.03. The summed E-state index contributed by atoms with van der Waals surface area (Å²) in [7, 11) is 0. The standard InChI is InChI=1S/C14H17FN2/c1-2-5-17(10-11-3-4-11)14-7-12(9-16)6-13(15)8-14/h6-8,11H,2-5,10H2,1H3. The monoisotopic (exact) mass is 232 g/mol. The fourth-order valence-corrected chi connectivity index (χ4v) is 2.03. The topological polar surface area (TPSA) is 27.0 Å². The lowest BCUT2D eigenvalue weighted by Gasteiger charge is -2.24. The second-order valence-electron chi connectivity index (χ2n) is 4.70. The quantitative estimate of drug-likeness (QED) is 0.778. The Morgan fingerprint density at radius 3 is 2.76 bits per heavy atom. The highest BCUT2D eigenvalue weighted by Gasteiger charge is 2.24. The average Bonchev–Trinajstić information content (AvgIpc) is 3.11. The Hall–Kier alpha value is -1.56. The number of hydrogen-bond donors (Lipinski definition) is 0. The Kier molecular flexibility index (Phi) is 3.63. The molecule has 1 fully saturated rings. The van der Waals surface area contributed by atoms with Crippen LogP contribution in [0.25, 0.3) is 0 Å². The fraction of sp³-hybridized carbons (Fsp3) is 0.500. The molecule has 0 bridgehead atoms. The van der Waals surface area contributed by atoms with Crippen LogP contribution in [-0.2, 0) is 0 Å². The van der Waals surface area contributed by atoms with Gasteiger partial charge in [-0.3, -0.25) is 0 Å². The third-order valence-electron chi connectivity index (χ3n) is 3.05. The van der Waals surface area contributed by atoms with Gasteiger partial charge in [0, 0.05) is 18.8 Å². The predicted octanol–water partition coefficient (Wildman–Crippen LogP) is 3.32. The number of rotatable bonds is 5. The van der Waals surface area contributed by atoms with E-state index in [4.69, 9.17) is 5.26 Å². The molecule has 2 rings (SSSR count). The number of hydrogen-bond acceptors (Lipinski definition) is 2. The average molecular weight is 232 g/mol. The van der Waals surface area contributed by atoms with Gasteiger partial charge in [0.2, 0.25) is 0 Å². The molecule has 0 N–H and O–H groups in total. The normalized spacial score (nSPS) is 14.4. The summed E-state index contributed by atoms with van der Waals surface area (Å²) in [6, 6.07) is 6.60. The van der Waals surface area contributed by atoms with Crippen molar-refractivity contribution in [3.63, 3.8) is 0 Å². The minimum absolute atomic E-state index is 0.323. The highest BCUT2D eigenvalue weighted by Crippen LogP contribution is 2.31. The number of anilines is 1. The first-order valence-corrected chi connectivity index (χ1v) is 6.18. The van der Waals surface area contributed by atoms with Crippen molar-refractivity contribution in [1.29, 1.82) is 5.26 Å². The van der Waals surface area contributed by atoms with Crippen LogP contribution in [-0.4, -0.2) is 13.1 Å². The van der Waals surface area contributed by atoms with Crippen LogP contribution in [0.1, 0.15) is 31.7 Å². The molecule has 3 heteroatoms. The molecule has 0 heterocycles. The summed E-state index contributed by atoms with van der Waals surface area (Å²) >= 11 is 0. The van der Waals surface area contributed by atoms with Gasteiger partial charge in [-0.15, -0.1) is 0 Å². The summed E-state index contributed by atoms with van der Waals surface area (Å²) in [4.78, 5) is 2.20. The number of benzene rings is 1. The molecule has 0 saturated heterocycles. The van der Waals surface area contributed by atoms with E-state index < -0.39 is 0 Å². The van der Waals surface area contributed by atoms with E-state index in [2.05, 4.69) is 11.8 Å². The van der Waals surface area contributed by atoms with Crippen LogP contribution < -0.4 is 4.90 Å². The van der Waals surface area contributed by atoms with Crippen molar-refractivity contribution in [2.45, 2.75) is 26.2 Å². The SMILES string of the molecule is CCCN(CC1CC1)c1cc(F)cc(C#N)c1. The van der Waals surface area contributed by atoms with E-state index in [0.29, 0.717) is 5.56 Å². The smallest absolute Gasteiger partial charge is 0.126 e. The second-order valence-corrected chi connectivity index (χ2v) is 4.70. The first-order valence-electron chi connectivity index (χ1n) is 6.18. The maximum atomic E-state index is 13.4. The Bertz CT molecular complexity index is 432. The van der Waals surface area contributed by atoms with E-state index in [9.17, 15) is 4.39 Å². The van der Waals surface area contributed by atoms with Crippen LogP contribution in [0, 0.1) is 23.1 Å². The van der Waals surface area contributed by atoms with E-state index in [1.165, 1.54) is 25.0 Å². The molecule has 0 aliphatic heterocycles. The van der Waals surface area contributed by atoms with Crippen LogP contribution in [0.3, 0.4) is 0 Å². The van der Waals surface area contributed by atoms with Crippen LogP contribution in [0.5, 0.6) is 0 Å². The number of nitrogens with zero attached hydrogens (tertiary/aromatic N) is 2. The van der Waals surface area contributed by atoms with Crippen molar-refractivity contribution in [3.8, 4) is 6.07 Å². The van der Waals surface area contributed by atoms with Gasteiger partial charge in [-0.25, -0.2) is 4.39 Å². The molecule has 0 unspecified atom stereocenters. The Labute approximate surface area is 102 Å².